The number of nitrogens with zero attached hydrogens (tertiary/aromatic N) is 3. The van der Waals surface area contributed by atoms with Crippen LogP contribution in [0.5, 0.6) is 0 Å². The molecule has 0 saturated carbocycles. The topological polar surface area (TPSA) is 25.1 Å². The molecule has 0 aliphatic heterocycles. The van der Waals surface area contributed by atoms with Crippen molar-refractivity contribution >= 4 is 153 Å². The van der Waals surface area contributed by atoms with E-state index in [4.69, 9.17) is 0 Å². The summed E-state index contributed by atoms with van der Waals surface area (Å²) in [7, 11) is 0. The number of para-hydroxylation sites is 4. The number of aromatic nitrogens is 2. The smallest absolute Gasteiger partial charge is 0.0541 e. The first kappa shape index (κ1) is 75.3. The number of benzene rings is 22. The SMILES string of the molecule is Brc1ccc(-c2cccc3ccccc23)cc1.c1cc(-c2cc3ccccc3c3ccccc23)cc(N(c2ccc(-c3cccc(-n4c5ccccc5c5ccccc54)c3)cc2)c2ccc(-c3cccc4ccccc34)cc2)c1.c1cc(Nc2ccc(-c3cccc(-n4c5ccccc5c5ccccc54)c3)cc2)cc(-c2cc3ccccc3c3ccccc23)c1. The lowest BCUT2D eigenvalue weighted by molar-refractivity contribution is 1.18. The summed E-state index contributed by atoms with van der Waals surface area (Å²) in [5.74, 6) is 0. The van der Waals surface area contributed by atoms with Crippen molar-refractivity contribution in [3.63, 3.8) is 0 Å². The van der Waals surface area contributed by atoms with Gasteiger partial charge in [-0.3, -0.25) is 0 Å². The fourth-order valence-electron chi connectivity index (χ4n) is 18.8. The van der Waals surface area contributed by atoms with Crippen LogP contribution in [-0.2, 0) is 0 Å². The van der Waals surface area contributed by atoms with Crippen LogP contribution in [0.2, 0.25) is 0 Å². The minimum atomic E-state index is 1.06. The largest absolute Gasteiger partial charge is 0.356 e. The molecule has 24 rings (SSSR count). The Balaban J connectivity index is 0.000000128. The van der Waals surface area contributed by atoms with Gasteiger partial charge in [0.1, 0.15) is 0 Å². The summed E-state index contributed by atoms with van der Waals surface area (Å²) < 4.78 is 5.87. The lowest BCUT2D eigenvalue weighted by Crippen LogP contribution is -2.10. The molecule has 0 bridgehead atoms. The molecule has 5 heteroatoms. The van der Waals surface area contributed by atoms with Gasteiger partial charge in [-0.2, -0.15) is 0 Å². The molecule has 588 valence electrons. The number of halogens is 1. The van der Waals surface area contributed by atoms with Crippen molar-refractivity contribution in [1.82, 2.24) is 9.13 Å². The van der Waals surface area contributed by atoms with E-state index in [-0.39, 0.29) is 0 Å². The highest BCUT2D eigenvalue weighted by atomic mass is 79.9. The number of nitrogens with one attached hydrogen (secondary N) is 1. The standard InChI is InChI=1S/C60H40N2.C44H30N2.C16H11Br/c1-3-21-51-42(14-1)16-13-27-52(51)43-32-36-48(37-33-43)61(49-19-12-18-45(39-49)58-40-46-15-2-4-22-53(46)54-23-5-6-24-55(54)58)47-34-30-41(31-35-47)44-17-11-20-50(38-44)62-59-28-9-7-25-56(59)57-26-8-10-29-60(57)62;1-2-16-37-33(11-1)29-42(39-18-4-3-17-38(37)39)32-13-9-14-35(27-32)45-34-25-23-30(24-26-34)31-12-10-15-36(28-31)46-43-21-7-5-19-40(43)41-20-6-8-22-44(41)46;17-14-10-8-13(9-11-14)16-7-3-5-12-4-1-2-6-15(12)16/h1-40H;1-29,45H;1-11H. The summed E-state index contributed by atoms with van der Waals surface area (Å²) in [6.07, 6.45) is 0. The van der Waals surface area contributed by atoms with Crippen molar-refractivity contribution in [2.45, 2.75) is 0 Å². The predicted molar refractivity (Wildman–Crippen MR) is 538 cm³/mol. The normalized spacial score (nSPS) is 11.4. The Labute approximate surface area is 734 Å². The van der Waals surface area contributed by atoms with Gasteiger partial charge in [-0.25, -0.2) is 0 Å². The molecule has 125 heavy (non-hydrogen) atoms. The molecule has 0 fully saturated rings. The maximum absolute atomic E-state index is 3.65. The van der Waals surface area contributed by atoms with Gasteiger partial charge in [0.25, 0.3) is 0 Å². The van der Waals surface area contributed by atoms with E-state index >= 15 is 0 Å². The van der Waals surface area contributed by atoms with E-state index in [1.165, 1.54) is 175 Å². The first-order chi connectivity index (χ1) is 61.9. The second-order valence-electron chi connectivity index (χ2n) is 32.0. The van der Waals surface area contributed by atoms with Gasteiger partial charge in [0.2, 0.25) is 0 Å². The molecule has 4 nitrogen and oxygen atoms in total. The highest BCUT2D eigenvalue weighted by Gasteiger charge is 2.20. The fourth-order valence-corrected chi connectivity index (χ4v) is 19.0. The van der Waals surface area contributed by atoms with E-state index in [0.29, 0.717) is 0 Å². The summed E-state index contributed by atoms with van der Waals surface area (Å²) in [6.45, 7) is 0. The Bertz CT molecular complexity index is 8090. The van der Waals surface area contributed by atoms with Crippen LogP contribution in [0.3, 0.4) is 0 Å². The molecule has 0 radical (unpaired) electrons. The Morgan fingerprint density at radius 1 is 0.176 bits per heavy atom. The predicted octanol–water partition coefficient (Wildman–Crippen LogP) is 34.2. The van der Waals surface area contributed by atoms with Gasteiger partial charge in [0.15, 0.2) is 0 Å². The Morgan fingerprint density at radius 2 is 0.504 bits per heavy atom. The van der Waals surface area contributed by atoms with Crippen LogP contribution >= 0.6 is 15.9 Å². The lowest BCUT2D eigenvalue weighted by atomic mass is 9.93. The van der Waals surface area contributed by atoms with Gasteiger partial charge in [0, 0.05) is 65.8 Å². The van der Waals surface area contributed by atoms with E-state index in [9.17, 15) is 0 Å². The van der Waals surface area contributed by atoms with Crippen molar-refractivity contribution in [2.75, 3.05) is 10.2 Å². The molecule has 22 aromatic carbocycles. The van der Waals surface area contributed by atoms with E-state index in [1.54, 1.807) is 0 Å². The summed E-state index contributed by atoms with van der Waals surface area (Å²) in [4.78, 5) is 2.39. The Kier molecular flexibility index (Phi) is 19.8. The molecule has 0 unspecified atom stereocenters. The van der Waals surface area contributed by atoms with E-state index in [1.807, 2.05) is 0 Å². The highest BCUT2D eigenvalue weighted by molar-refractivity contribution is 9.10. The average molecular weight is 1660 g/mol. The van der Waals surface area contributed by atoms with E-state index in [0.717, 1.165) is 44.3 Å². The molecule has 2 aromatic heterocycles. The second-order valence-corrected chi connectivity index (χ2v) is 33.0. The fraction of sp³-hybridized carbons (Fsp3) is 0. The molecular weight excluding hydrogens is 1580 g/mol. The van der Waals surface area contributed by atoms with Crippen molar-refractivity contribution < 1.29 is 0 Å². The third kappa shape index (κ3) is 14.5. The number of hydrogen-bond acceptors (Lipinski definition) is 2. The zero-order chi connectivity index (χ0) is 83.1. The van der Waals surface area contributed by atoms with Crippen LogP contribution in [0.15, 0.2) is 490 Å². The van der Waals surface area contributed by atoms with Gasteiger partial charge in [-0.15, -0.1) is 0 Å². The summed E-state index contributed by atoms with van der Waals surface area (Å²) in [5, 5.41) is 24.0. The van der Waals surface area contributed by atoms with Gasteiger partial charge in [0.05, 0.1) is 22.1 Å². The third-order valence-electron chi connectivity index (χ3n) is 24.6. The summed E-state index contributed by atoms with van der Waals surface area (Å²) >= 11 is 3.47. The van der Waals surface area contributed by atoms with Crippen molar-refractivity contribution in [1.29, 1.82) is 0 Å². The monoisotopic (exact) mass is 1660 g/mol. The summed E-state index contributed by atoms with van der Waals surface area (Å²) in [6, 6.07) is 175. The molecule has 1 N–H and O–H groups in total. The Hall–Kier alpha value is -15.9. The zero-order valence-corrected chi connectivity index (χ0v) is 70.0. The van der Waals surface area contributed by atoms with Crippen molar-refractivity contribution in [3.8, 4) is 78.1 Å². The van der Waals surface area contributed by atoms with Crippen LogP contribution in [0.1, 0.15) is 0 Å². The third-order valence-corrected chi connectivity index (χ3v) is 25.2. The number of fused-ring (bicyclic) bond motifs is 14. The second kappa shape index (κ2) is 32.9. The zero-order valence-electron chi connectivity index (χ0n) is 68.4. The van der Waals surface area contributed by atoms with Crippen molar-refractivity contribution in [2.24, 2.45) is 0 Å². The van der Waals surface area contributed by atoms with Gasteiger partial charge in [-0.1, -0.05) is 368 Å². The number of anilines is 5. The minimum absolute atomic E-state index is 1.06. The van der Waals surface area contributed by atoms with Gasteiger partial charge in [-0.05, 0) is 265 Å². The average Bonchev–Trinajstić information content (AvgIpc) is 1.73. The van der Waals surface area contributed by atoms with Crippen LogP contribution < -0.4 is 10.2 Å². The molecule has 0 atom stereocenters. The van der Waals surface area contributed by atoms with Crippen LogP contribution in [0.25, 0.3) is 186 Å². The maximum atomic E-state index is 3.65. The van der Waals surface area contributed by atoms with Gasteiger partial charge < -0.3 is 19.4 Å². The van der Waals surface area contributed by atoms with Crippen LogP contribution in [0.4, 0.5) is 28.4 Å². The first-order valence-corrected chi connectivity index (χ1v) is 43.5. The highest BCUT2D eigenvalue weighted by Crippen LogP contribution is 2.45. The molecule has 0 aliphatic carbocycles. The molecule has 2 heterocycles. The molecule has 0 amide bonds. The molecule has 0 aliphatic rings. The number of hydrogen-bond donors (Lipinski definition) is 1. The van der Waals surface area contributed by atoms with E-state index in [2.05, 4.69) is 521 Å². The van der Waals surface area contributed by atoms with Gasteiger partial charge >= 0.3 is 0 Å². The Morgan fingerprint density at radius 3 is 0.960 bits per heavy atom. The summed E-state index contributed by atoms with van der Waals surface area (Å²) in [5.41, 5.74) is 27.1. The first-order valence-electron chi connectivity index (χ1n) is 42.7. The maximum Gasteiger partial charge on any atom is 0.0541 e. The lowest BCUT2D eigenvalue weighted by Gasteiger charge is -2.27. The molecule has 0 saturated heterocycles. The van der Waals surface area contributed by atoms with Crippen molar-refractivity contribution in [3.05, 3.63) is 490 Å². The number of rotatable bonds is 13. The van der Waals surface area contributed by atoms with Crippen LogP contribution in [0, 0.1) is 0 Å². The molecule has 0 spiro atoms. The van der Waals surface area contributed by atoms with Crippen LogP contribution in [-0.4, -0.2) is 9.13 Å². The minimum Gasteiger partial charge on any atom is -0.356 e. The molecular formula is C120H81BrN4. The quantitative estimate of drug-likeness (QED) is 0.116. The molecule has 24 aromatic rings. The van der Waals surface area contributed by atoms with E-state index < -0.39 is 0 Å².